The SMILES string of the molecule is CC(=O)c1ccc(S(=O)(=O)N(CCC#N)CCC#N)cc1. The van der Waals surface area contributed by atoms with Crippen LogP contribution in [0.5, 0.6) is 0 Å². The summed E-state index contributed by atoms with van der Waals surface area (Å²) in [5, 5.41) is 17.2. The van der Waals surface area contributed by atoms with Gasteiger partial charge in [-0.15, -0.1) is 0 Å². The highest BCUT2D eigenvalue weighted by Gasteiger charge is 2.23. The molecule has 1 rings (SSSR count). The minimum Gasteiger partial charge on any atom is -0.295 e. The van der Waals surface area contributed by atoms with Gasteiger partial charge in [0.05, 0.1) is 17.0 Å². The van der Waals surface area contributed by atoms with Crippen molar-refractivity contribution in [3.63, 3.8) is 0 Å². The number of carbonyl (C=O) groups excluding carboxylic acids is 1. The summed E-state index contributed by atoms with van der Waals surface area (Å²) in [5.41, 5.74) is 0.426. The van der Waals surface area contributed by atoms with Crippen LogP contribution in [-0.4, -0.2) is 31.6 Å². The molecular weight excluding hydrogens is 290 g/mol. The van der Waals surface area contributed by atoms with Gasteiger partial charge in [0.2, 0.25) is 10.0 Å². The molecule has 0 aromatic heterocycles. The summed E-state index contributed by atoms with van der Waals surface area (Å²) in [5.74, 6) is -0.148. The second-order valence-corrected chi connectivity index (χ2v) is 6.24. The molecule has 0 saturated carbocycles. The largest absolute Gasteiger partial charge is 0.295 e. The molecule has 0 spiro atoms. The summed E-state index contributed by atoms with van der Waals surface area (Å²) in [6.45, 7) is 1.47. The lowest BCUT2D eigenvalue weighted by molar-refractivity contribution is 0.101. The van der Waals surface area contributed by atoms with E-state index in [1.165, 1.54) is 31.2 Å². The summed E-state index contributed by atoms with van der Waals surface area (Å²) >= 11 is 0. The molecule has 0 atom stereocenters. The van der Waals surface area contributed by atoms with Crippen LogP contribution in [0.4, 0.5) is 0 Å². The molecule has 0 aliphatic heterocycles. The molecule has 7 heteroatoms. The van der Waals surface area contributed by atoms with Crippen molar-refractivity contribution in [2.45, 2.75) is 24.7 Å². The summed E-state index contributed by atoms with van der Waals surface area (Å²) in [6, 6.07) is 9.39. The standard InChI is InChI=1S/C14H15N3O3S/c1-12(18)13-4-6-14(7-5-13)21(19,20)17(10-2-8-15)11-3-9-16/h4-7H,2-3,10-11H2,1H3. The van der Waals surface area contributed by atoms with Gasteiger partial charge in [-0.25, -0.2) is 8.42 Å². The van der Waals surface area contributed by atoms with E-state index in [0.29, 0.717) is 5.56 Å². The third kappa shape index (κ3) is 4.38. The van der Waals surface area contributed by atoms with E-state index in [1.807, 2.05) is 12.1 Å². The van der Waals surface area contributed by atoms with Gasteiger partial charge in [-0.05, 0) is 19.1 Å². The van der Waals surface area contributed by atoms with Crippen LogP contribution in [0.3, 0.4) is 0 Å². The fourth-order valence-corrected chi connectivity index (χ4v) is 3.15. The fraction of sp³-hybridized carbons (Fsp3) is 0.357. The van der Waals surface area contributed by atoms with Crippen LogP contribution in [0.1, 0.15) is 30.1 Å². The molecule has 0 fully saturated rings. The molecule has 1 aromatic carbocycles. The van der Waals surface area contributed by atoms with E-state index < -0.39 is 10.0 Å². The average molecular weight is 305 g/mol. The lowest BCUT2D eigenvalue weighted by atomic mass is 10.2. The number of benzene rings is 1. The number of nitrogens with zero attached hydrogens (tertiary/aromatic N) is 3. The Hall–Kier alpha value is -2.22. The van der Waals surface area contributed by atoms with Crippen molar-refractivity contribution in [3.05, 3.63) is 29.8 Å². The van der Waals surface area contributed by atoms with Crippen molar-refractivity contribution in [3.8, 4) is 12.1 Å². The summed E-state index contributed by atoms with van der Waals surface area (Å²) in [7, 11) is -3.77. The molecule has 0 aliphatic rings. The number of ketones is 1. The monoisotopic (exact) mass is 305 g/mol. The van der Waals surface area contributed by atoms with E-state index in [9.17, 15) is 13.2 Å². The fourth-order valence-electron chi connectivity index (χ4n) is 1.71. The van der Waals surface area contributed by atoms with Gasteiger partial charge in [-0.1, -0.05) is 12.1 Å². The highest BCUT2D eigenvalue weighted by molar-refractivity contribution is 7.89. The maximum Gasteiger partial charge on any atom is 0.243 e. The van der Waals surface area contributed by atoms with Crippen LogP contribution in [0, 0.1) is 22.7 Å². The Balaban J connectivity index is 3.07. The molecule has 0 N–H and O–H groups in total. The van der Waals surface area contributed by atoms with Gasteiger partial charge in [0.15, 0.2) is 5.78 Å². The quantitative estimate of drug-likeness (QED) is 0.713. The van der Waals surface area contributed by atoms with E-state index in [1.54, 1.807) is 0 Å². The van der Waals surface area contributed by atoms with Gasteiger partial charge in [-0.2, -0.15) is 14.8 Å². The zero-order valence-corrected chi connectivity index (χ0v) is 12.4. The highest BCUT2D eigenvalue weighted by atomic mass is 32.2. The van der Waals surface area contributed by atoms with E-state index in [4.69, 9.17) is 10.5 Å². The molecule has 1 aromatic rings. The van der Waals surface area contributed by atoms with Gasteiger partial charge in [-0.3, -0.25) is 4.79 Å². The Bertz CT molecular complexity index is 664. The first-order valence-electron chi connectivity index (χ1n) is 6.28. The van der Waals surface area contributed by atoms with Crippen molar-refractivity contribution in [2.24, 2.45) is 0 Å². The van der Waals surface area contributed by atoms with Gasteiger partial charge in [0.25, 0.3) is 0 Å². The molecule has 0 heterocycles. The number of hydrogen-bond donors (Lipinski definition) is 0. The van der Waals surface area contributed by atoms with Gasteiger partial charge < -0.3 is 0 Å². The first-order chi connectivity index (χ1) is 9.93. The predicted molar refractivity (Wildman–Crippen MR) is 75.7 cm³/mol. The third-order valence-corrected chi connectivity index (χ3v) is 4.76. The van der Waals surface area contributed by atoms with Crippen molar-refractivity contribution < 1.29 is 13.2 Å². The normalized spacial score (nSPS) is 10.9. The second-order valence-electron chi connectivity index (χ2n) is 4.30. The van der Waals surface area contributed by atoms with E-state index >= 15 is 0 Å². The van der Waals surface area contributed by atoms with Gasteiger partial charge in [0, 0.05) is 31.5 Å². The number of nitriles is 2. The Morgan fingerprint density at radius 1 is 1.10 bits per heavy atom. The average Bonchev–Trinajstić information content (AvgIpc) is 2.47. The van der Waals surface area contributed by atoms with Crippen LogP contribution in [0.25, 0.3) is 0 Å². The minimum atomic E-state index is -3.77. The second kappa shape index (κ2) is 7.53. The maximum absolute atomic E-state index is 12.4. The Morgan fingerprint density at radius 3 is 1.95 bits per heavy atom. The molecular formula is C14H15N3O3S. The third-order valence-electron chi connectivity index (χ3n) is 2.84. The molecule has 110 valence electrons. The zero-order chi connectivity index (χ0) is 15.9. The number of Topliss-reactive ketones (excluding diaryl/α,β-unsaturated/α-hetero) is 1. The first kappa shape index (κ1) is 16.8. The Morgan fingerprint density at radius 2 is 1.57 bits per heavy atom. The molecule has 6 nitrogen and oxygen atoms in total. The Kier molecular flexibility index (Phi) is 6.04. The molecule has 0 amide bonds. The van der Waals surface area contributed by atoms with Crippen LogP contribution in [0.15, 0.2) is 29.2 Å². The molecule has 0 bridgehead atoms. The minimum absolute atomic E-state index is 0.0367. The summed E-state index contributed by atoms with van der Waals surface area (Å²) in [6.07, 6.45) is 0.104. The summed E-state index contributed by atoms with van der Waals surface area (Å²) in [4.78, 5) is 11.2. The van der Waals surface area contributed by atoms with Crippen molar-refractivity contribution in [2.75, 3.05) is 13.1 Å². The van der Waals surface area contributed by atoms with E-state index in [2.05, 4.69) is 0 Å². The molecule has 0 unspecified atom stereocenters. The van der Waals surface area contributed by atoms with Crippen molar-refractivity contribution >= 4 is 15.8 Å². The van der Waals surface area contributed by atoms with Crippen LogP contribution < -0.4 is 0 Å². The van der Waals surface area contributed by atoms with Crippen molar-refractivity contribution in [1.29, 1.82) is 10.5 Å². The zero-order valence-electron chi connectivity index (χ0n) is 11.6. The lowest BCUT2D eigenvalue weighted by Crippen LogP contribution is -2.32. The van der Waals surface area contributed by atoms with Crippen LogP contribution >= 0.6 is 0 Å². The van der Waals surface area contributed by atoms with Gasteiger partial charge >= 0.3 is 0 Å². The molecule has 21 heavy (non-hydrogen) atoms. The Labute approximate surface area is 124 Å². The first-order valence-corrected chi connectivity index (χ1v) is 7.72. The number of sulfonamides is 1. The smallest absolute Gasteiger partial charge is 0.243 e. The lowest BCUT2D eigenvalue weighted by Gasteiger charge is -2.20. The topological polar surface area (TPSA) is 102 Å². The number of carbonyl (C=O) groups is 1. The summed E-state index contributed by atoms with van der Waals surface area (Å²) < 4.78 is 26.0. The molecule has 0 aliphatic carbocycles. The molecule has 0 saturated heterocycles. The van der Waals surface area contributed by atoms with Crippen LogP contribution in [0.2, 0.25) is 0 Å². The van der Waals surface area contributed by atoms with E-state index in [-0.39, 0.29) is 36.6 Å². The predicted octanol–water partition coefficient (Wildman–Crippen LogP) is 1.71. The van der Waals surface area contributed by atoms with Crippen molar-refractivity contribution in [1.82, 2.24) is 4.31 Å². The maximum atomic E-state index is 12.4. The number of hydrogen-bond acceptors (Lipinski definition) is 5. The molecule has 0 radical (unpaired) electrons. The van der Waals surface area contributed by atoms with Gasteiger partial charge in [0.1, 0.15) is 0 Å². The van der Waals surface area contributed by atoms with E-state index in [0.717, 1.165) is 4.31 Å². The number of rotatable bonds is 7. The highest BCUT2D eigenvalue weighted by Crippen LogP contribution is 2.17. The van der Waals surface area contributed by atoms with Crippen LogP contribution in [-0.2, 0) is 10.0 Å².